The molecule has 0 aliphatic heterocycles. The number of fused-ring (bicyclic) bond motifs is 1. The van der Waals surface area contributed by atoms with Crippen LogP contribution >= 0.6 is 15.9 Å². The Hall–Kier alpha value is -2.81. The maximum absolute atomic E-state index is 9.99. The van der Waals surface area contributed by atoms with E-state index in [-0.39, 0.29) is 18.4 Å². The van der Waals surface area contributed by atoms with Gasteiger partial charge in [-0.3, -0.25) is 4.98 Å². The van der Waals surface area contributed by atoms with E-state index in [0.717, 1.165) is 58.2 Å². The van der Waals surface area contributed by atoms with Gasteiger partial charge in [-0.15, -0.1) is 0 Å². The summed E-state index contributed by atoms with van der Waals surface area (Å²) in [7, 11) is 0. The summed E-state index contributed by atoms with van der Waals surface area (Å²) < 4.78 is 2.43. The first kappa shape index (κ1) is 22.0. The smallest absolute Gasteiger partial charge is 0.165 e. The van der Waals surface area contributed by atoms with Crippen LogP contribution in [0.25, 0.3) is 28.0 Å². The maximum atomic E-state index is 9.99. The zero-order chi connectivity index (χ0) is 22.9. The van der Waals surface area contributed by atoms with Gasteiger partial charge in [-0.2, -0.15) is 9.61 Å². The number of nitrogen functional groups attached to an aromatic ring is 1. The summed E-state index contributed by atoms with van der Waals surface area (Å²) >= 11 is 3.65. The summed E-state index contributed by atoms with van der Waals surface area (Å²) in [6.45, 7) is -0.188. The monoisotopic (exact) mass is 507 g/mol. The van der Waals surface area contributed by atoms with Crippen LogP contribution in [0.2, 0.25) is 0 Å². The van der Waals surface area contributed by atoms with E-state index in [2.05, 4.69) is 26.0 Å². The molecule has 1 aromatic carbocycles. The Bertz CT molecular complexity index is 1250. The number of halogens is 1. The Morgan fingerprint density at radius 1 is 1.03 bits per heavy atom. The molecule has 0 amide bonds. The number of aromatic nitrogens is 4. The van der Waals surface area contributed by atoms with Gasteiger partial charge in [-0.05, 0) is 53.6 Å². The van der Waals surface area contributed by atoms with E-state index in [9.17, 15) is 10.2 Å². The van der Waals surface area contributed by atoms with Crippen LogP contribution in [-0.2, 0) is 0 Å². The minimum absolute atomic E-state index is 0.130. The highest BCUT2D eigenvalue weighted by molar-refractivity contribution is 9.10. The lowest BCUT2D eigenvalue weighted by atomic mass is 9.78. The van der Waals surface area contributed by atoms with Crippen LogP contribution in [0.5, 0.6) is 0 Å². The van der Waals surface area contributed by atoms with Crippen molar-refractivity contribution >= 4 is 27.4 Å². The predicted octanol–water partition coefficient (Wildman–Crippen LogP) is 4.43. The summed E-state index contributed by atoms with van der Waals surface area (Å²) in [5.41, 5.74) is 11.9. The first-order valence-electron chi connectivity index (χ1n) is 11.2. The van der Waals surface area contributed by atoms with Crippen molar-refractivity contribution < 1.29 is 10.2 Å². The molecular weight excluding hydrogens is 482 g/mol. The average Bonchev–Trinajstić information content (AvgIpc) is 3.30. The molecule has 1 saturated carbocycles. The summed E-state index contributed by atoms with van der Waals surface area (Å²) in [6.07, 6.45) is 6.45. The van der Waals surface area contributed by atoms with Crippen LogP contribution in [0.1, 0.15) is 37.3 Å². The largest absolute Gasteiger partial charge is 0.394 e. The van der Waals surface area contributed by atoms with Gasteiger partial charge in [0, 0.05) is 28.8 Å². The second-order valence-corrected chi connectivity index (χ2v) is 9.44. The van der Waals surface area contributed by atoms with Crippen molar-refractivity contribution in [2.45, 2.75) is 37.7 Å². The highest BCUT2D eigenvalue weighted by Gasteiger charge is 2.30. The second kappa shape index (κ2) is 9.21. The molecule has 1 fully saturated rings. The molecule has 0 saturated heterocycles. The van der Waals surface area contributed by atoms with E-state index in [1.54, 1.807) is 10.7 Å². The molecule has 1 aliphatic carbocycles. The fraction of sp³-hybridized carbons (Fsp3) is 0.320. The summed E-state index contributed by atoms with van der Waals surface area (Å²) in [5.74, 6) is 0.883. The molecule has 1 aliphatic rings. The average molecular weight is 508 g/mol. The third-order valence-electron chi connectivity index (χ3n) is 6.68. The highest BCUT2D eigenvalue weighted by atomic mass is 79.9. The van der Waals surface area contributed by atoms with Crippen LogP contribution in [0, 0.1) is 5.92 Å². The number of aliphatic hydroxyl groups is 2. The SMILES string of the molecule is Nc1c(Br)c([C@H]2CC[C@H]([C@@H](O)CO)CC2)nc2c(-c3ccc(-c4ccccc4)nc3)cnn12. The van der Waals surface area contributed by atoms with E-state index in [1.165, 1.54) is 0 Å². The lowest BCUT2D eigenvalue weighted by Gasteiger charge is -2.31. The third-order valence-corrected chi connectivity index (χ3v) is 7.49. The lowest BCUT2D eigenvalue weighted by molar-refractivity contribution is 0.0300. The van der Waals surface area contributed by atoms with Gasteiger partial charge in [0.25, 0.3) is 0 Å². The van der Waals surface area contributed by atoms with E-state index in [4.69, 9.17) is 10.7 Å². The van der Waals surface area contributed by atoms with Crippen LogP contribution in [0.15, 0.2) is 59.3 Å². The molecule has 1 atom stereocenters. The summed E-state index contributed by atoms with van der Waals surface area (Å²) in [6, 6.07) is 14.1. The zero-order valence-electron chi connectivity index (χ0n) is 18.1. The Kier molecular flexibility index (Phi) is 6.14. The van der Waals surface area contributed by atoms with Crippen molar-refractivity contribution in [1.82, 2.24) is 19.6 Å². The van der Waals surface area contributed by atoms with Crippen LogP contribution < -0.4 is 5.73 Å². The Labute approximate surface area is 200 Å². The number of nitrogens with two attached hydrogens (primary N) is 1. The molecule has 0 spiro atoms. The van der Waals surface area contributed by atoms with Crippen molar-refractivity contribution in [3.63, 3.8) is 0 Å². The van der Waals surface area contributed by atoms with E-state index >= 15 is 0 Å². The summed E-state index contributed by atoms with van der Waals surface area (Å²) in [4.78, 5) is 9.65. The molecule has 4 N–H and O–H groups in total. The molecule has 33 heavy (non-hydrogen) atoms. The number of pyridine rings is 1. The number of rotatable bonds is 5. The van der Waals surface area contributed by atoms with E-state index < -0.39 is 6.10 Å². The number of benzene rings is 1. The van der Waals surface area contributed by atoms with Gasteiger partial charge in [-0.1, -0.05) is 36.4 Å². The molecule has 170 valence electrons. The summed E-state index contributed by atoms with van der Waals surface area (Å²) in [5, 5.41) is 23.7. The molecule has 0 bridgehead atoms. The normalized spacial score (nSPS) is 19.6. The fourth-order valence-electron chi connectivity index (χ4n) is 4.75. The molecule has 4 aromatic rings. The van der Waals surface area contributed by atoms with Crippen LogP contribution in [0.3, 0.4) is 0 Å². The van der Waals surface area contributed by atoms with Crippen LogP contribution in [0.4, 0.5) is 5.82 Å². The molecular formula is C25H26BrN5O2. The molecule has 7 nitrogen and oxygen atoms in total. The van der Waals surface area contributed by atoms with Gasteiger partial charge in [0.05, 0.1) is 34.8 Å². The number of hydrogen-bond donors (Lipinski definition) is 3. The van der Waals surface area contributed by atoms with Crippen LogP contribution in [-0.4, -0.2) is 42.5 Å². The standard InChI is InChI=1S/C25H26BrN5O2/c26-22-23(17-8-6-16(7-9-17)21(33)14-32)30-25-19(13-29-31(25)24(22)27)18-10-11-20(28-12-18)15-4-2-1-3-5-15/h1-5,10-13,16-17,21,32-33H,6-9,14,27H2/t16-,17-,21-/m0/s1. The molecule has 3 aromatic heterocycles. The van der Waals surface area contributed by atoms with Crippen molar-refractivity contribution in [1.29, 1.82) is 0 Å². The van der Waals surface area contributed by atoms with Gasteiger partial charge in [0.2, 0.25) is 0 Å². The minimum Gasteiger partial charge on any atom is -0.394 e. The fourth-order valence-corrected chi connectivity index (χ4v) is 5.33. The van der Waals surface area contributed by atoms with Gasteiger partial charge in [0.1, 0.15) is 5.82 Å². The molecule has 0 unspecified atom stereocenters. The van der Waals surface area contributed by atoms with Crippen molar-refractivity contribution in [3.8, 4) is 22.4 Å². The number of anilines is 1. The first-order valence-corrected chi connectivity index (χ1v) is 12.0. The maximum Gasteiger partial charge on any atom is 0.165 e. The van der Waals surface area contributed by atoms with Gasteiger partial charge < -0.3 is 15.9 Å². The Balaban J connectivity index is 1.48. The molecule has 8 heteroatoms. The van der Waals surface area contributed by atoms with Crippen molar-refractivity contribution in [2.75, 3.05) is 12.3 Å². The minimum atomic E-state index is -0.650. The zero-order valence-corrected chi connectivity index (χ0v) is 19.7. The van der Waals surface area contributed by atoms with Crippen molar-refractivity contribution in [3.05, 3.63) is 65.0 Å². The lowest BCUT2D eigenvalue weighted by Crippen LogP contribution is -2.28. The number of aliphatic hydroxyl groups excluding tert-OH is 2. The number of nitrogens with zero attached hydrogens (tertiary/aromatic N) is 4. The Morgan fingerprint density at radius 2 is 1.79 bits per heavy atom. The quantitative estimate of drug-likeness (QED) is 0.368. The Morgan fingerprint density at radius 3 is 2.45 bits per heavy atom. The highest BCUT2D eigenvalue weighted by Crippen LogP contribution is 2.41. The predicted molar refractivity (Wildman–Crippen MR) is 132 cm³/mol. The van der Waals surface area contributed by atoms with Gasteiger partial charge in [-0.25, -0.2) is 4.98 Å². The second-order valence-electron chi connectivity index (χ2n) is 8.65. The molecule has 0 radical (unpaired) electrons. The third kappa shape index (κ3) is 4.14. The number of hydrogen-bond acceptors (Lipinski definition) is 6. The van der Waals surface area contributed by atoms with E-state index in [0.29, 0.717) is 11.5 Å². The van der Waals surface area contributed by atoms with Gasteiger partial charge >= 0.3 is 0 Å². The molecule has 5 rings (SSSR count). The van der Waals surface area contributed by atoms with E-state index in [1.807, 2.05) is 48.7 Å². The van der Waals surface area contributed by atoms with Gasteiger partial charge in [0.15, 0.2) is 5.65 Å². The molecule has 3 heterocycles. The first-order chi connectivity index (χ1) is 16.1. The topological polar surface area (TPSA) is 110 Å². The van der Waals surface area contributed by atoms with Crippen molar-refractivity contribution in [2.24, 2.45) is 5.92 Å².